The van der Waals surface area contributed by atoms with E-state index >= 15 is 0 Å². The molecule has 0 unspecified atom stereocenters. The van der Waals surface area contributed by atoms with Gasteiger partial charge in [-0.2, -0.15) is 4.73 Å². The molecule has 1 aliphatic heterocycles. The van der Waals surface area contributed by atoms with Crippen LogP contribution in [0.4, 0.5) is 0 Å². The van der Waals surface area contributed by atoms with Crippen LogP contribution in [0.2, 0.25) is 36.3 Å². The predicted octanol–water partition coefficient (Wildman–Crippen LogP) is 4.65. The first-order valence-electron chi connectivity index (χ1n) is 11.6. The van der Waals surface area contributed by atoms with Crippen LogP contribution in [-0.2, 0) is 13.6 Å². The molecule has 186 valence electrons. The second-order valence-electron chi connectivity index (χ2n) is 12.1. The van der Waals surface area contributed by atoms with Crippen molar-refractivity contribution in [2.45, 2.75) is 103 Å². The number of hydrogen-bond acceptors (Lipinski definition) is 7. The Balaban J connectivity index is 1.90. The van der Waals surface area contributed by atoms with Crippen LogP contribution in [0.15, 0.2) is 12.7 Å². The maximum atomic E-state index is 9.75. The third-order valence-corrected chi connectivity index (χ3v) is 16.7. The molecule has 1 fully saturated rings. The Hall–Kier alpha value is -1.54. The molecule has 0 aromatic carbocycles. The molecule has 1 aliphatic rings. The zero-order valence-corrected chi connectivity index (χ0v) is 23.8. The average molecular weight is 496 g/mol. The van der Waals surface area contributed by atoms with E-state index in [0.717, 1.165) is 0 Å². The maximum Gasteiger partial charge on any atom is 0.192 e. The van der Waals surface area contributed by atoms with E-state index in [0.29, 0.717) is 28.9 Å². The Morgan fingerprint density at radius 1 is 1.06 bits per heavy atom. The monoisotopic (exact) mass is 495 g/mol. The van der Waals surface area contributed by atoms with Crippen LogP contribution in [0.5, 0.6) is 0 Å². The first-order chi connectivity index (χ1) is 14.9. The summed E-state index contributed by atoms with van der Waals surface area (Å²) < 4.78 is 22.4. The summed E-state index contributed by atoms with van der Waals surface area (Å²) in [7, 11) is -3.99. The van der Waals surface area contributed by atoms with Gasteiger partial charge in [-0.15, -0.1) is 0 Å². The summed E-state index contributed by atoms with van der Waals surface area (Å²) in [6.45, 7) is 22.9. The molecule has 9 nitrogen and oxygen atoms in total. The van der Waals surface area contributed by atoms with E-state index in [1.54, 1.807) is 6.33 Å². The van der Waals surface area contributed by atoms with Gasteiger partial charge in [0.1, 0.15) is 18.7 Å². The highest BCUT2D eigenvalue weighted by Crippen LogP contribution is 2.42. The summed E-state index contributed by atoms with van der Waals surface area (Å²) in [5.41, 5.74) is 0.724. The average Bonchev–Trinajstić information content (AvgIpc) is 3.25. The third kappa shape index (κ3) is 5.12. The minimum atomic E-state index is -2.04. The van der Waals surface area contributed by atoms with Crippen LogP contribution in [0, 0.1) is 5.41 Å². The molecule has 3 rings (SSSR count). The maximum absolute atomic E-state index is 9.75. The lowest BCUT2D eigenvalue weighted by atomic mass is 10.2. The highest BCUT2D eigenvalue weighted by atomic mass is 28.4. The zero-order valence-electron chi connectivity index (χ0n) is 21.8. The minimum absolute atomic E-state index is 0.0774. The van der Waals surface area contributed by atoms with Crippen LogP contribution in [0.3, 0.4) is 0 Å². The second kappa shape index (κ2) is 8.60. The van der Waals surface area contributed by atoms with Gasteiger partial charge in [-0.05, 0) is 36.3 Å². The van der Waals surface area contributed by atoms with Gasteiger partial charge < -0.3 is 18.8 Å². The Morgan fingerprint density at radius 2 is 1.67 bits per heavy atom. The number of aromatic nitrogens is 4. The van der Waals surface area contributed by atoms with Gasteiger partial charge >= 0.3 is 0 Å². The SMILES string of the molecule is CC(C)(C)[Si](C)(C)OC[C@H]1O[C@@H](n2cnc3c(=N)n(O)cnc32)C[C@@H]1O[Si](C)(C)C(C)(C)C. The van der Waals surface area contributed by atoms with Gasteiger partial charge in [-0.25, -0.2) is 9.97 Å². The highest BCUT2D eigenvalue weighted by molar-refractivity contribution is 6.74. The summed E-state index contributed by atoms with van der Waals surface area (Å²) in [6.07, 6.45) is 2.82. The summed E-state index contributed by atoms with van der Waals surface area (Å²) in [6, 6.07) is 0. The van der Waals surface area contributed by atoms with E-state index < -0.39 is 16.6 Å². The predicted molar refractivity (Wildman–Crippen MR) is 132 cm³/mol. The molecule has 3 heterocycles. The lowest BCUT2D eigenvalue weighted by Gasteiger charge is -2.40. The standard InChI is InChI=1S/C22H41N5O4Si2/c1-21(2,3)32(7,8)29-12-16-15(31-33(9,10)22(4,5)6)11-17(30-16)26-13-24-18-19(23)27(28)14-25-20(18)26/h13-17,23,28H,11-12H2,1-10H3/t15-,16+,17+/m0/s1. The molecule has 1 saturated heterocycles. The van der Waals surface area contributed by atoms with Crippen molar-refractivity contribution in [1.82, 2.24) is 19.3 Å². The molecule has 2 N–H and O–H groups in total. The van der Waals surface area contributed by atoms with Crippen LogP contribution in [0.25, 0.3) is 11.2 Å². The summed E-state index contributed by atoms with van der Waals surface area (Å²) in [4.78, 5) is 8.59. The van der Waals surface area contributed by atoms with Crippen molar-refractivity contribution in [3.8, 4) is 0 Å². The van der Waals surface area contributed by atoms with E-state index in [-0.39, 0.29) is 34.0 Å². The topological polar surface area (TPSA) is 107 Å². The molecule has 0 saturated carbocycles. The molecule has 0 radical (unpaired) electrons. The quantitative estimate of drug-likeness (QED) is 0.446. The van der Waals surface area contributed by atoms with Crippen molar-refractivity contribution in [3.05, 3.63) is 18.1 Å². The highest BCUT2D eigenvalue weighted by Gasteiger charge is 2.46. The van der Waals surface area contributed by atoms with E-state index in [1.165, 1.54) is 6.33 Å². The fraction of sp³-hybridized carbons (Fsp3) is 0.773. The molecule has 0 bridgehead atoms. The number of rotatable bonds is 6. The Labute approximate surface area is 198 Å². The van der Waals surface area contributed by atoms with Crippen LogP contribution < -0.4 is 5.49 Å². The zero-order chi connectivity index (χ0) is 25.0. The Morgan fingerprint density at radius 3 is 2.24 bits per heavy atom. The normalized spacial score (nSPS) is 22.9. The number of nitrogens with zero attached hydrogens (tertiary/aromatic N) is 4. The summed E-state index contributed by atoms with van der Waals surface area (Å²) >= 11 is 0. The van der Waals surface area contributed by atoms with Crippen molar-refractivity contribution in [3.63, 3.8) is 0 Å². The molecular formula is C22H41N5O4Si2. The molecule has 2 aromatic heterocycles. The van der Waals surface area contributed by atoms with Gasteiger partial charge in [0.05, 0.1) is 19.0 Å². The largest absolute Gasteiger partial charge is 0.425 e. The molecule has 33 heavy (non-hydrogen) atoms. The Bertz CT molecular complexity index is 1050. The summed E-state index contributed by atoms with van der Waals surface area (Å²) in [5.74, 6) is 0. The smallest absolute Gasteiger partial charge is 0.192 e. The van der Waals surface area contributed by atoms with Crippen molar-refractivity contribution in [1.29, 1.82) is 5.41 Å². The fourth-order valence-electron chi connectivity index (χ4n) is 3.34. The lowest BCUT2D eigenvalue weighted by molar-refractivity contribution is -0.0384. The van der Waals surface area contributed by atoms with E-state index in [2.05, 4.69) is 77.7 Å². The van der Waals surface area contributed by atoms with Crippen molar-refractivity contribution >= 4 is 27.8 Å². The third-order valence-electron chi connectivity index (χ3n) is 7.67. The van der Waals surface area contributed by atoms with Gasteiger partial charge in [0.25, 0.3) is 0 Å². The van der Waals surface area contributed by atoms with Crippen molar-refractivity contribution in [2.75, 3.05) is 6.61 Å². The molecule has 2 aromatic rings. The minimum Gasteiger partial charge on any atom is -0.425 e. The first-order valence-corrected chi connectivity index (χ1v) is 17.4. The number of imidazole rings is 1. The van der Waals surface area contributed by atoms with Gasteiger partial charge in [0.2, 0.25) is 0 Å². The molecule has 3 atom stereocenters. The molecule has 0 amide bonds. The number of hydrogen-bond donors (Lipinski definition) is 2. The fourth-order valence-corrected chi connectivity index (χ4v) is 5.72. The molecule has 0 spiro atoms. The second-order valence-corrected chi connectivity index (χ2v) is 21.7. The van der Waals surface area contributed by atoms with Gasteiger partial charge in [0.15, 0.2) is 33.3 Å². The number of fused-ring (bicyclic) bond motifs is 1. The summed E-state index contributed by atoms with van der Waals surface area (Å²) in [5, 5.41) is 18.0. The first kappa shape index (κ1) is 26.1. The van der Waals surface area contributed by atoms with Crippen LogP contribution in [0.1, 0.15) is 54.2 Å². The Kier molecular flexibility index (Phi) is 6.79. The van der Waals surface area contributed by atoms with E-state index in [1.807, 2.05) is 4.57 Å². The van der Waals surface area contributed by atoms with Crippen LogP contribution in [-0.4, -0.2) is 59.9 Å². The van der Waals surface area contributed by atoms with Gasteiger partial charge in [-0.1, -0.05) is 41.5 Å². The van der Waals surface area contributed by atoms with Gasteiger partial charge in [-0.3, -0.25) is 9.98 Å². The van der Waals surface area contributed by atoms with E-state index in [9.17, 15) is 5.21 Å². The van der Waals surface area contributed by atoms with Gasteiger partial charge in [0, 0.05) is 6.42 Å². The molecule has 0 aliphatic carbocycles. The van der Waals surface area contributed by atoms with Crippen LogP contribution >= 0.6 is 0 Å². The van der Waals surface area contributed by atoms with E-state index in [4.69, 9.17) is 19.0 Å². The number of nitrogens with one attached hydrogen (secondary N) is 1. The molecule has 11 heteroatoms. The van der Waals surface area contributed by atoms with Crippen molar-refractivity contribution < 1.29 is 18.8 Å². The molecular weight excluding hydrogens is 454 g/mol. The number of ether oxygens (including phenoxy) is 1. The lowest BCUT2D eigenvalue weighted by Crippen LogP contribution is -2.48. The van der Waals surface area contributed by atoms with Crippen molar-refractivity contribution in [2.24, 2.45) is 0 Å².